The lowest BCUT2D eigenvalue weighted by Crippen LogP contribution is -1.96. The van der Waals surface area contributed by atoms with Crippen LogP contribution in [0.2, 0.25) is 0 Å². The van der Waals surface area contributed by atoms with Gasteiger partial charge in [0.15, 0.2) is 0 Å². The van der Waals surface area contributed by atoms with Crippen LogP contribution in [0.1, 0.15) is 62.1 Å². The number of hydrogen-bond acceptors (Lipinski definition) is 2. The molecule has 7 rings (SSSR count). The number of benzene rings is 5. The van der Waals surface area contributed by atoms with E-state index in [0.717, 1.165) is 45.5 Å². The normalized spacial score (nSPS) is 11.4. The quantitative estimate of drug-likeness (QED) is 0.134. The van der Waals surface area contributed by atoms with E-state index in [1.807, 2.05) is 0 Å². The Balaban J connectivity index is 1.29. The van der Waals surface area contributed by atoms with Gasteiger partial charge in [-0.3, -0.25) is 0 Å². The Morgan fingerprint density at radius 2 is 1.19 bits per heavy atom. The average Bonchev–Trinajstić information content (AvgIpc) is 3.12. The molecule has 0 aliphatic heterocycles. The molecule has 7 aromatic rings. The van der Waals surface area contributed by atoms with Gasteiger partial charge in [-0.05, 0) is 101 Å². The molecule has 0 atom stereocenters. The van der Waals surface area contributed by atoms with Crippen LogP contribution in [0, 0.1) is 13.8 Å². The van der Waals surface area contributed by atoms with Gasteiger partial charge >= 0.3 is 0 Å². The standard InChI is InChI=1S/C46H44N2/c1-4-5-6-7-8-9-17-34-18-13-21-36(28-34)38-22-14-23-40(30-38)44-31-41(39-25-24-35-19-10-11-20-37(35)29-39)46-43(47-44)27-26-42(48-46)45-32(2)15-12-16-33(45)3/h10-16,18-31H,4-9,17H2,1-3H3. The minimum atomic E-state index is 0.900. The molecule has 0 radical (unpaired) electrons. The smallest absolute Gasteiger partial charge is 0.0972 e. The van der Waals surface area contributed by atoms with E-state index in [0.29, 0.717) is 0 Å². The lowest BCUT2D eigenvalue weighted by atomic mass is 9.95. The number of unbranched alkanes of at least 4 members (excludes halogenated alkanes) is 5. The first-order valence-corrected chi connectivity index (χ1v) is 17.6. The summed E-state index contributed by atoms with van der Waals surface area (Å²) in [5.74, 6) is 0. The number of aryl methyl sites for hydroxylation is 3. The Kier molecular flexibility index (Phi) is 9.43. The second-order valence-electron chi connectivity index (χ2n) is 13.2. The monoisotopic (exact) mass is 624 g/mol. The fourth-order valence-corrected chi connectivity index (χ4v) is 7.06. The van der Waals surface area contributed by atoms with Gasteiger partial charge in [-0.25, -0.2) is 9.97 Å². The molecular formula is C46H44N2. The molecule has 238 valence electrons. The fraction of sp³-hybridized carbons (Fsp3) is 0.217. The van der Waals surface area contributed by atoms with Gasteiger partial charge in [0.2, 0.25) is 0 Å². The number of aromatic nitrogens is 2. The van der Waals surface area contributed by atoms with Crippen molar-refractivity contribution in [3.63, 3.8) is 0 Å². The van der Waals surface area contributed by atoms with Crippen molar-refractivity contribution >= 4 is 21.8 Å². The molecule has 0 unspecified atom stereocenters. The van der Waals surface area contributed by atoms with E-state index < -0.39 is 0 Å². The molecule has 2 heterocycles. The first-order valence-electron chi connectivity index (χ1n) is 17.6. The van der Waals surface area contributed by atoms with Crippen molar-refractivity contribution in [2.75, 3.05) is 0 Å². The Morgan fingerprint density at radius 1 is 0.479 bits per heavy atom. The highest BCUT2D eigenvalue weighted by Gasteiger charge is 2.15. The maximum Gasteiger partial charge on any atom is 0.0972 e. The number of rotatable bonds is 11. The zero-order valence-corrected chi connectivity index (χ0v) is 28.5. The molecule has 0 aliphatic rings. The molecule has 0 fully saturated rings. The van der Waals surface area contributed by atoms with Crippen LogP contribution in [0.5, 0.6) is 0 Å². The Labute approximate surface area is 285 Å². The molecule has 0 spiro atoms. The minimum absolute atomic E-state index is 0.900. The fourth-order valence-electron chi connectivity index (χ4n) is 7.06. The van der Waals surface area contributed by atoms with Gasteiger partial charge in [0.25, 0.3) is 0 Å². The van der Waals surface area contributed by atoms with Gasteiger partial charge in [-0.1, -0.05) is 136 Å². The average molecular weight is 625 g/mol. The summed E-state index contributed by atoms with van der Waals surface area (Å²) in [5, 5.41) is 2.45. The Morgan fingerprint density at radius 3 is 2.02 bits per heavy atom. The third kappa shape index (κ3) is 6.80. The predicted molar refractivity (Wildman–Crippen MR) is 205 cm³/mol. The summed E-state index contributed by atoms with van der Waals surface area (Å²) in [4.78, 5) is 10.6. The Hall–Kier alpha value is -5.08. The molecule has 0 saturated heterocycles. The van der Waals surface area contributed by atoms with Crippen LogP contribution in [0.25, 0.3) is 66.6 Å². The van der Waals surface area contributed by atoms with Gasteiger partial charge in [0.05, 0.1) is 22.4 Å². The SMILES string of the molecule is CCCCCCCCc1cccc(-c2cccc(-c3cc(-c4ccc5ccccc5c4)c4nc(-c5c(C)cccc5C)ccc4n3)c2)c1. The molecule has 0 amide bonds. The molecule has 2 heteroatoms. The van der Waals surface area contributed by atoms with Crippen molar-refractivity contribution < 1.29 is 0 Å². The first-order chi connectivity index (χ1) is 23.6. The Bertz CT molecular complexity index is 2190. The molecular weight excluding hydrogens is 581 g/mol. The zero-order chi connectivity index (χ0) is 32.9. The van der Waals surface area contributed by atoms with Crippen molar-refractivity contribution in [2.45, 2.75) is 65.7 Å². The van der Waals surface area contributed by atoms with Crippen LogP contribution >= 0.6 is 0 Å². The number of nitrogens with zero attached hydrogens (tertiary/aromatic N) is 2. The lowest BCUT2D eigenvalue weighted by Gasteiger charge is -2.14. The molecule has 2 nitrogen and oxygen atoms in total. The van der Waals surface area contributed by atoms with E-state index >= 15 is 0 Å². The van der Waals surface area contributed by atoms with Crippen molar-refractivity contribution in [3.8, 4) is 44.8 Å². The number of fused-ring (bicyclic) bond motifs is 2. The molecule has 0 aliphatic carbocycles. The van der Waals surface area contributed by atoms with Crippen LogP contribution in [-0.2, 0) is 6.42 Å². The maximum atomic E-state index is 5.32. The van der Waals surface area contributed by atoms with Gasteiger partial charge in [-0.2, -0.15) is 0 Å². The molecule has 48 heavy (non-hydrogen) atoms. The van der Waals surface area contributed by atoms with E-state index in [1.165, 1.54) is 82.7 Å². The zero-order valence-electron chi connectivity index (χ0n) is 28.5. The van der Waals surface area contributed by atoms with Crippen molar-refractivity contribution in [1.82, 2.24) is 9.97 Å². The number of hydrogen-bond donors (Lipinski definition) is 0. The van der Waals surface area contributed by atoms with Crippen LogP contribution in [0.15, 0.2) is 127 Å². The van der Waals surface area contributed by atoms with Crippen LogP contribution in [0.4, 0.5) is 0 Å². The van der Waals surface area contributed by atoms with Crippen molar-refractivity contribution in [2.24, 2.45) is 0 Å². The van der Waals surface area contributed by atoms with E-state index in [4.69, 9.17) is 9.97 Å². The summed E-state index contributed by atoms with van der Waals surface area (Å²) in [6, 6.07) is 46.2. The van der Waals surface area contributed by atoms with Crippen LogP contribution in [-0.4, -0.2) is 9.97 Å². The van der Waals surface area contributed by atoms with E-state index in [9.17, 15) is 0 Å². The van der Waals surface area contributed by atoms with Gasteiger partial charge in [0.1, 0.15) is 0 Å². The second-order valence-corrected chi connectivity index (χ2v) is 13.2. The second kappa shape index (κ2) is 14.4. The third-order valence-electron chi connectivity index (χ3n) is 9.69. The third-order valence-corrected chi connectivity index (χ3v) is 9.69. The minimum Gasteiger partial charge on any atom is -0.246 e. The predicted octanol–water partition coefficient (Wildman–Crippen LogP) is 13.0. The van der Waals surface area contributed by atoms with Gasteiger partial charge in [0, 0.05) is 16.7 Å². The maximum absolute atomic E-state index is 5.32. The summed E-state index contributed by atoms with van der Waals surface area (Å²) < 4.78 is 0. The topological polar surface area (TPSA) is 25.8 Å². The molecule has 5 aromatic carbocycles. The molecule has 0 bridgehead atoms. The summed E-state index contributed by atoms with van der Waals surface area (Å²) >= 11 is 0. The highest BCUT2D eigenvalue weighted by atomic mass is 14.8. The van der Waals surface area contributed by atoms with Crippen LogP contribution < -0.4 is 0 Å². The lowest BCUT2D eigenvalue weighted by molar-refractivity contribution is 0.607. The van der Waals surface area contributed by atoms with Crippen LogP contribution in [0.3, 0.4) is 0 Å². The summed E-state index contributed by atoms with van der Waals surface area (Å²) in [6.45, 7) is 6.61. The summed E-state index contributed by atoms with van der Waals surface area (Å²) in [5.41, 5.74) is 14.7. The van der Waals surface area contributed by atoms with Gasteiger partial charge in [-0.15, -0.1) is 0 Å². The van der Waals surface area contributed by atoms with Crippen molar-refractivity contribution in [1.29, 1.82) is 0 Å². The molecule has 0 N–H and O–H groups in total. The highest BCUT2D eigenvalue weighted by Crippen LogP contribution is 2.36. The highest BCUT2D eigenvalue weighted by molar-refractivity contribution is 5.98. The van der Waals surface area contributed by atoms with E-state index in [1.54, 1.807) is 0 Å². The molecule has 2 aromatic heterocycles. The summed E-state index contributed by atoms with van der Waals surface area (Å²) in [7, 11) is 0. The van der Waals surface area contributed by atoms with Gasteiger partial charge < -0.3 is 0 Å². The van der Waals surface area contributed by atoms with E-state index in [-0.39, 0.29) is 0 Å². The van der Waals surface area contributed by atoms with E-state index in [2.05, 4.69) is 148 Å². The number of pyridine rings is 2. The summed E-state index contributed by atoms with van der Waals surface area (Å²) in [6.07, 6.45) is 9.06. The first kappa shape index (κ1) is 31.5. The molecule has 0 saturated carbocycles. The largest absolute Gasteiger partial charge is 0.246 e. The van der Waals surface area contributed by atoms with Crippen molar-refractivity contribution in [3.05, 3.63) is 144 Å².